The van der Waals surface area contributed by atoms with Crippen molar-refractivity contribution >= 4 is 22.6 Å². The van der Waals surface area contributed by atoms with Crippen LogP contribution in [0.25, 0.3) is 10.9 Å². The number of nitrogens with one attached hydrogen (secondary N) is 1. The zero-order valence-corrected chi connectivity index (χ0v) is 20.6. The van der Waals surface area contributed by atoms with E-state index >= 15 is 0 Å². The maximum Gasteiger partial charge on any atom is 0.257 e. The first-order valence-electron chi connectivity index (χ1n) is 12.9. The number of carbonyl (C=O) groups is 1. The van der Waals surface area contributed by atoms with E-state index in [4.69, 9.17) is 9.72 Å². The van der Waals surface area contributed by atoms with Gasteiger partial charge in [-0.1, -0.05) is 72.8 Å². The van der Waals surface area contributed by atoms with Crippen molar-refractivity contribution in [3.8, 4) is 5.75 Å². The number of amides is 1. The molecule has 0 unspecified atom stereocenters. The summed E-state index contributed by atoms with van der Waals surface area (Å²) in [5.41, 5.74) is 3.43. The molecule has 0 radical (unpaired) electrons. The van der Waals surface area contributed by atoms with Crippen LogP contribution in [0.15, 0.2) is 91.0 Å². The lowest BCUT2D eigenvalue weighted by Gasteiger charge is -2.33. The number of fused-ring (bicyclic) bond motifs is 1. The summed E-state index contributed by atoms with van der Waals surface area (Å²) in [6.45, 7) is 2.57. The van der Waals surface area contributed by atoms with E-state index in [-0.39, 0.29) is 12.5 Å². The minimum Gasteiger partial charge on any atom is -0.481 e. The van der Waals surface area contributed by atoms with Gasteiger partial charge in [-0.05, 0) is 60.9 Å². The summed E-state index contributed by atoms with van der Waals surface area (Å²) < 4.78 is 5.92. The molecule has 1 N–H and O–H groups in total. The Labute approximate surface area is 213 Å². The fourth-order valence-corrected chi connectivity index (χ4v) is 4.90. The number of para-hydroxylation sites is 1. The van der Waals surface area contributed by atoms with E-state index in [0.717, 1.165) is 55.5 Å². The van der Waals surface area contributed by atoms with Crippen molar-refractivity contribution in [3.05, 3.63) is 102 Å². The van der Waals surface area contributed by atoms with Crippen LogP contribution in [0.4, 0.5) is 5.82 Å². The minimum atomic E-state index is -0.125. The van der Waals surface area contributed by atoms with Gasteiger partial charge >= 0.3 is 0 Å². The highest BCUT2D eigenvalue weighted by atomic mass is 16.5. The van der Waals surface area contributed by atoms with Crippen LogP contribution in [-0.2, 0) is 17.6 Å². The zero-order valence-electron chi connectivity index (χ0n) is 20.6. The van der Waals surface area contributed by atoms with Crippen LogP contribution in [-0.4, -0.2) is 37.1 Å². The summed E-state index contributed by atoms with van der Waals surface area (Å²) in [6, 6.07) is 31.0. The average molecular weight is 480 g/mol. The molecule has 5 rings (SSSR count). The van der Waals surface area contributed by atoms with E-state index in [1.807, 2.05) is 36.4 Å². The van der Waals surface area contributed by atoms with Crippen LogP contribution in [0.1, 0.15) is 24.0 Å². The number of hydrogen-bond acceptors (Lipinski definition) is 4. The van der Waals surface area contributed by atoms with Crippen molar-refractivity contribution in [3.63, 3.8) is 0 Å². The third-order valence-corrected chi connectivity index (χ3v) is 6.91. The quantitative estimate of drug-likeness (QED) is 0.348. The molecule has 0 atom stereocenters. The molecule has 1 aromatic heterocycles. The third-order valence-electron chi connectivity index (χ3n) is 6.91. The molecule has 5 nitrogen and oxygen atoms in total. The van der Waals surface area contributed by atoms with E-state index in [1.165, 1.54) is 11.1 Å². The first-order chi connectivity index (χ1) is 17.7. The summed E-state index contributed by atoms with van der Waals surface area (Å²) >= 11 is 0. The van der Waals surface area contributed by atoms with Gasteiger partial charge in [0.15, 0.2) is 6.61 Å². The van der Waals surface area contributed by atoms with Gasteiger partial charge in [-0.3, -0.25) is 4.79 Å². The number of hydrogen-bond donors (Lipinski definition) is 1. The molecule has 3 aromatic carbocycles. The van der Waals surface area contributed by atoms with Gasteiger partial charge in [-0.2, -0.15) is 0 Å². The Balaban J connectivity index is 1.17. The lowest BCUT2D eigenvalue weighted by molar-refractivity contribution is -0.123. The molecule has 1 fully saturated rings. The summed E-state index contributed by atoms with van der Waals surface area (Å²) in [5.74, 6) is 2.21. The van der Waals surface area contributed by atoms with Crippen LogP contribution in [0.3, 0.4) is 0 Å². The Bertz CT molecular complexity index is 1270. The molecule has 1 saturated heterocycles. The zero-order chi connectivity index (χ0) is 24.6. The number of ether oxygens (including phenoxy) is 1. The van der Waals surface area contributed by atoms with Gasteiger partial charge in [-0.25, -0.2) is 4.98 Å². The lowest BCUT2D eigenvalue weighted by atomic mass is 9.90. The highest BCUT2D eigenvalue weighted by Crippen LogP contribution is 2.29. The van der Waals surface area contributed by atoms with Crippen molar-refractivity contribution in [2.45, 2.75) is 25.7 Å². The summed E-state index contributed by atoms with van der Waals surface area (Å²) in [5, 5.41) is 3.95. The van der Waals surface area contributed by atoms with E-state index in [1.54, 1.807) is 0 Å². The van der Waals surface area contributed by atoms with Gasteiger partial charge < -0.3 is 15.0 Å². The highest BCUT2D eigenvalue weighted by Gasteiger charge is 2.21. The molecule has 2 heterocycles. The molecule has 36 heavy (non-hydrogen) atoms. The molecule has 0 saturated carbocycles. The van der Waals surface area contributed by atoms with Gasteiger partial charge in [0.1, 0.15) is 17.1 Å². The predicted octanol–water partition coefficient (Wildman–Crippen LogP) is 5.43. The Hall–Kier alpha value is -3.86. The monoisotopic (exact) mass is 479 g/mol. The minimum absolute atomic E-state index is 0.0231. The number of anilines is 1. The fourth-order valence-electron chi connectivity index (χ4n) is 4.90. The Morgan fingerprint density at radius 3 is 2.33 bits per heavy atom. The maximum absolute atomic E-state index is 12.4. The molecule has 1 aliphatic rings. The molecule has 0 spiro atoms. The van der Waals surface area contributed by atoms with Gasteiger partial charge in [-0.15, -0.1) is 0 Å². The second kappa shape index (κ2) is 11.7. The molecule has 4 aromatic rings. The van der Waals surface area contributed by atoms with Crippen molar-refractivity contribution in [2.75, 3.05) is 31.1 Å². The molecular formula is C31H33N3O2. The highest BCUT2D eigenvalue weighted by molar-refractivity contribution is 5.86. The maximum atomic E-state index is 12.4. The van der Waals surface area contributed by atoms with Crippen LogP contribution >= 0.6 is 0 Å². The Morgan fingerprint density at radius 2 is 1.58 bits per heavy atom. The summed E-state index contributed by atoms with van der Waals surface area (Å²) in [6.07, 6.45) is 4.27. The SMILES string of the molecule is O=C(COc1cccc2ccc(N3CCC(Cc4ccccc4)CC3)nc12)NCCc1ccccc1. The Kier molecular flexibility index (Phi) is 7.76. The van der Waals surface area contributed by atoms with Gasteiger partial charge in [0.2, 0.25) is 0 Å². The van der Waals surface area contributed by atoms with Crippen molar-refractivity contribution in [2.24, 2.45) is 5.92 Å². The number of pyridine rings is 1. The first kappa shape index (κ1) is 23.9. The lowest BCUT2D eigenvalue weighted by Crippen LogP contribution is -2.34. The van der Waals surface area contributed by atoms with Gasteiger partial charge in [0, 0.05) is 25.0 Å². The number of aromatic nitrogens is 1. The third kappa shape index (κ3) is 6.22. The van der Waals surface area contributed by atoms with Gasteiger partial charge in [0.25, 0.3) is 5.91 Å². The molecule has 1 amide bonds. The fraction of sp³-hybridized carbons (Fsp3) is 0.290. The molecular weight excluding hydrogens is 446 g/mol. The Morgan fingerprint density at radius 1 is 0.861 bits per heavy atom. The number of benzene rings is 3. The molecule has 0 bridgehead atoms. The van der Waals surface area contributed by atoms with E-state index in [0.29, 0.717) is 18.2 Å². The van der Waals surface area contributed by atoms with Crippen LogP contribution in [0, 0.1) is 5.92 Å². The normalized spacial score (nSPS) is 14.1. The van der Waals surface area contributed by atoms with Gasteiger partial charge in [0.05, 0.1) is 0 Å². The van der Waals surface area contributed by atoms with Crippen LogP contribution in [0.2, 0.25) is 0 Å². The molecule has 1 aliphatic heterocycles. The number of rotatable bonds is 9. The smallest absolute Gasteiger partial charge is 0.257 e. The van der Waals surface area contributed by atoms with Crippen molar-refractivity contribution in [1.29, 1.82) is 0 Å². The van der Waals surface area contributed by atoms with E-state index < -0.39 is 0 Å². The molecule has 0 aliphatic carbocycles. The molecule has 5 heteroatoms. The van der Waals surface area contributed by atoms with Crippen molar-refractivity contribution < 1.29 is 9.53 Å². The number of carbonyl (C=O) groups excluding carboxylic acids is 1. The number of piperidine rings is 1. The predicted molar refractivity (Wildman–Crippen MR) is 145 cm³/mol. The standard InChI is InChI=1S/C31H33N3O2/c35-30(32-19-16-24-8-3-1-4-9-24)23-36-28-13-7-12-27-14-15-29(33-31(27)28)34-20-17-26(18-21-34)22-25-10-5-2-6-11-25/h1-15,26H,16-23H2,(H,32,35). The first-order valence-corrected chi connectivity index (χ1v) is 12.9. The van der Waals surface area contributed by atoms with Crippen LogP contribution < -0.4 is 15.0 Å². The topological polar surface area (TPSA) is 54.5 Å². The summed E-state index contributed by atoms with van der Waals surface area (Å²) in [4.78, 5) is 19.7. The average Bonchev–Trinajstić information content (AvgIpc) is 2.93. The van der Waals surface area contributed by atoms with Crippen LogP contribution in [0.5, 0.6) is 5.75 Å². The largest absolute Gasteiger partial charge is 0.481 e. The number of nitrogens with zero attached hydrogens (tertiary/aromatic N) is 2. The summed E-state index contributed by atoms with van der Waals surface area (Å²) in [7, 11) is 0. The molecule has 184 valence electrons. The van der Waals surface area contributed by atoms with E-state index in [9.17, 15) is 4.79 Å². The van der Waals surface area contributed by atoms with Crippen molar-refractivity contribution in [1.82, 2.24) is 10.3 Å². The second-order valence-corrected chi connectivity index (χ2v) is 9.49. The van der Waals surface area contributed by atoms with E-state index in [2.05, 4.69) is 64.8 Å². The second-order valence-electron chi connectivity index (χ2n) is 9.49.